The maximum absolute atomic E-state index is 6.16. The fourth-order valence-electron chi connectivity index (χ4n) is 3.89. The van der Waals surface area contributed by atoms with Gasteiger partial charge >= 0.3 is 0 Å². The molecule has 0 aliphatic carbocycles. The number of hydrogen-bond donors (Lipinski definition) is 2. The minimum Gasteiger partial charge on any atom is -0.497 e. The van der Waals surface area contributed by atoms with E-state index in [9.17, 15) is 0 Å². The van der Waals surface area contributed by atoms with Gasteiger partial charge in [0.05, 0.1) is 26.9 Å². The molecule has 1 aliphatic rings. The van der Waals surface area contributed by atoms with Gasteiger partial charge in [-0.1, -0.05) is 29.8 Å². The number of guanidine groups is 1. The lowest BCUT2D eigenvalue weighted by molar-refractivity contribution is -0.0265. The Labute approximate surface area is 186 Å². The van der Waals surface area contributed by atoms with Crippen molar-refractivity contribution >= 4 is 5.96 Å². The molecule has 3 rings (SSSR count). The van der Waals surface area contributed by atoms with Gasteiger partial charge in [0.2, 0.25) is 0 Å². The van der Waals surface area contributed by atoms with Crippen molar-refractivity contribution in [3.05, 3.63) is 59.2 Å². The van der Waals surface area contributed by atoms with Gasteiger partial charge in [-0.05, 0) is 44.4 Å². The normalized spacial score (nSPS) is 19.0. The van der Waals surface area contributed by atoms with Crippen LogP contribution in [0, 0.1) is 12.8 Å². The zero-order chi connectivity index (χ0) is 22.1. The van der Waals surface area contributed by atoms with E-state index >= 15 is 0 Å². The summed E-state index contributed by atoms with van der Waals surface area (Å²) in [4.78, 5) is 4.77. The van der Waals surface area contributed by atoms with Crippen LogP contribution >= 0.6 is 0 Å². The Balaban J connectivity index is 1.67. The van der Waals surface area contributed by atoms with Crippen LogP contribution in [0.2, 0.25) is 0 Å². The summed E-state index contributed by atoms with van der Waals surface area (Å²) in [5.74, 6) is 2.75. The van der Waals surface area contributed by atoms with E-state index in [1.54, 1.807) is 14.2 Å². The third-order valence-electron chi connectivity index (χ3n) is 5.63. The van der Waals surface area contributed by atoms with Crippen molar-refractivity contribution in [1.82, 2.24) is 10.6 Å². The summed E-state index contributed by atoms with van der Waals surface area (Å²) in [5, 5.41) is 6.87. The zero-order valence-corrected chi connectivity index (χ0v) is 19.1. The molecule has 0 spiro atoms. The fraction of sp³-hybridized carbons (Fsp3) is 0.480. The second-order valence-electron chi connectivity index (χ2n) is 7.86. The molecule has 2 unspecified atom stereocenters. The standard InChI is InChI=1S/C25H35N3O3/c1-5-26-25(27-16-20-12-13-22(29-3)15-23(20)30-4)28-17-21-7-6-14-31-24(21)19-10-8-18(2)9-11-19/h8-13,15,21,24H,5-7,14,16-17H2,1-4H3,(H2,26,27,28). The van der Waals surface area contributed by atoms with Crippen molar-refractivity contribution in [3.8, 4) is 11.5 Å². The molecule has 6 nitrogen and oxygen atoms in total. The maximum Gasteiger partial charge on any atom is 0.191 e. The molecular formula is C25H35N3O3. The summed E-state index contributed by atoms with van der Waals surface area (Å²) in [5.41, 5.74) is 3.53. The number of ether oxygens (including phenoxy) is 3. The molecule has 2 atom stereocenters. The molecule has 0 radical (unpaired) electrons. The molecule has 31 heavy (non-hydrogen) atoms. The van der Waals surface area contributed by atoms with E-state index in [-0.39, 0.29) is 6.10 Å². The Morgan fingerprint density at radius 3 is 2.61 bits per heavy atom. The second-order valence-corrected chi connectivity index (χ2v) is 7.86. The van der Waals surface area contributed by atoms with Crippen LogP contribution < -0.4 is 20.1 Å². The van der Waals surface area contributed by atoms with E-state index in [0.29, 0.717) is 12.5 Å². The van der Waals surface area contributed by atoms with Crippen LogP contribution in [-0.4, -0.2) is 39.9 Å². The van der Waals surface area contributed by atoms with E-state index in [4.69, 9.17) is 19.2 Å². The first kappa shape index (κ1) is 22.9. The summed E-state index contributed by atoms with van der Waals surface area (Å²) in [7, 11) is 3.32. The van der Waals surface area contributed by atoms with Gasteiger partial charge in [-0.25, -0.2) is 4.99 Å². The molecule has 1 heterocycles. The highest BCUT2D eigenvalue weighted by atomic mass is 16.5. The van der Waals surface area contributed by atoms with Crippen molar-refractivity contribution in [1.29, 1.82) is 0 Å². The number of aliphatic imine (C=N–C) groups is 1. The number of benzene rings is 2. The lowest BCUT2D eigenvalue weighted by Gasteiger charge is -2.32. The number of nitrogens with one attached hydrogen (secondary N) is 2. The van der Waals surface area contributed by atoms with Crippen LogP contribution in [0.15, 0.2) is 47.5 Å². The topological polar surface area (TPSA) is 64.1 Å². The Morgan fingerprint density at radius 1 is 1.10 bits per heavy atom. The van der Waals surface area contributed by atoms with E-state index < -0.39 is 0 Å². The number of nitrogens with zero attached hydrogens (tertiary/aromatic N) is 1. The Hall–Kier alpha value is -2.73. The summed E-state index contributed by atoms with van der Waals surface area (Å²) in [6.07, 6.45) is 2.34. The Kier molecular flexibility index (Phi) is 8.59. The lowest BCUT2D eigenvalue weighted by Crippen LogP contribution is -2.42. The third-order valence-corrected chi connectivity index (χ3v) is 5.63. The van der Waals surface area contributed by atoms with E-state index in [1.165, 1.54) is 11.1 Å². The van der Waals surface area contributed by atoms with Crippen molar-refractivity contribution in [3.63, 3.8) is 0 Å². The molecule has 0 saturated carbocycles. The summed E-state index contributed by atoms with van der Waals surface area (Å²) < 4.78 is 16.9. The Morgan fingerprint density at radius 2 is 1.90 bits per heavy atom. The molecule has 6 heteroatoms. The van der Waals surface area contributed by atoms with Gasteiger partial charge in [0, 0.05) is 37.2 Å². The first-order valence-corrected chi connectivity index (χ1v) is 11.1. The average Bonchev–Trinajstić information content (AvgIpc) is 2.81. The molecule has 0 amide bonds. The van der Waals surface area contributed by atoms with Crippen LogP contribution in [0.3, 0.4) is 0 Å². The van der Waals surface area contributed by atoms with Gasteiger partial charge in [-0.15, -0.1) is 0 Å². The van der Waals surface area contributed by atoms with Crippen molar-refractivity contribution < 1.29 is 14.2 Å². The molecule has 1 saturated heterocycles. The first-order valence-electron chi connectivity index (χ1n) is 11.1. The van der Waals surface area contributed by atoms with Crippen LogP contribution in [0.4, 0.5) is 0 Å². The zero-order valence-electron chi connectivity index (χ0n) is 19.1. The maximum atomic E-state index is 6.16. The summed E-state index contributed by atoms with van der Waals surface area (Å²) in [6, 6.07) is 14.5. The number of hydrogen-bond acceptors (Lipinski definition) is 4. The molecular weight excluding hydrogens is 390 g/mol. The van der Waals surface area contributed by atoms with Crippen LogP contribution in [0.25, 0.3) is 0 Å². The van der Waals surface area contributed by atoms with Crippen molar-refractivity contribution in [2.75, 3.05) is 33.9 Å². The molecule has 168 valence electrons. The SMILES string of the molecule is CCNC(=NCc1ccc(OC)cc1OC)NCC1CCCOC1c1ccc(C)cc1. The van der Waals surface area contributed by atoms with Gasteiger partial charge in [0.1, 0.15) is 11.5 Å². The van der Waals surface area contributed by atoms with Gasteiger partial charge < -0.3 is 24.8 Å². The number of rotatable bonds is 8. The van der Waals surface area contributed by atoms with Crippen LogP contribution in [0.1, 0.15) is 42.6 Å². The highest BCUT2D eigenvalue weighted by molar-refractivity contribution is 5.79. The van der Waals surface area contributed by atoms with E-state index in [1.807, 2.05) is 18.2 Å². The van der Waals surface area contributed by atoms with Gasteiger partial charge in [-0.2, -0.15) is 0 Å². The molecule has 1 aliphatic heterocycles. The molecule has 2 N–H and O–H groups in total. The molecule has 2 aromatic carbocycles. The van der Waals surface area contributed by atoms with Crippen LogP contribution in [-0.2, 0) is 11.3 Å². The lowest BCUT2D eigenvalue weighted by atomic mass is 9.89. The molecule has 0 aromatic heterocycles. The highest BCUT2D eigenvalue weighted by Gasteiger charge is 2.27. The Bertz CT molecular complexity index is 852. The quantitative estimate of drug-likeness (QED) is 0.489. The van der Waals surface area contributed by atoms with Gasteiger partial charge in [0.25, 0.3) is 0 Å². The minimum absolute atomic E-state index is 0.117. The van der Waals surface area contributed by atoms with E-state index in [0.717, 1.165) is 55.6 Å². The smallest absolute Gasteiger partial charge is 0.191 e. The van der Waals surface area contributed by atoms with Crippen molar-refractivity contribution in [2.24, 2.45) is 10.9 Å². The fourth-order valence-corrected chi connectivity index (χ4v) is 3.89. The molecule has 2 aromatic rings. The average molecular weight is 426 g/mol. The molecule has 1 fully saturated rings. The largest absolute Gasteiger partial charge is 0.497 e. The predicted octanol–water partition coefficient (Wildman–Crippen LogP) is 4.24. The first-order chi connectivity index (χ1) is 15.1. The number of aryl methyl sites for hydroxylation is 1. The highest BCUT2D eigenvalue weighted by Crippen LogP contribution is 2.33. The van der Waals surface area contributed by atoms with Crippen LogP contribution in [0.5, 0.6) is 11.5 Å². The number of methoxy groups -OCH3 is 2. The van der Waals surface area contributed by atoms with Gasteiger partial charge in [0.15, 0.2) is 5.96 Å². The molecule has 0 bridgehead atoms. The summed E-state index contributed by atoms with van der Waals surface area (Å²) >= 11 is 0. The predicted molar refractivity (Wildman–Crippen MR) is 125 cm³/mol. The minimum atomic E-state index is 0.117. The second kappa shape index (κ2) is 11.6. The van der Waals surface area contributed by atoms with Crippen molar-refractivity contribution in [2.45, 2.75) is 39.3 Å². The third kappa shape index (κ3) is 6.37. The summed E-state index contributed by atoms with van der Waals surface area (Å²) in [6.45, 7) is 7.13. The monoisotopic (exact) mass is 425 g/mol. The van der Waals surface area contributed by atoms with Gasteiger partial charge in [-0.3, -0.25) is 0 Å². The van der Waals surface area contributed by atoms with E-state index in [2.05, 4.69) is 48.7 Å².